The number of piperazine rings is 1. The maximum Gasteiger partial charge on any atom is 0.248 e. The molecule has 0 aromatic heterocycles. The summed E-state index contributed by atoms with van der Waals surface area (Å²) >= 11 is 0. The van der Waals surface area contributed by atoms with Crippen molar-refractivity contribution >= 4 is 18.3 Å². The number of hydrogen-bond donors (Lipinski definition) is 1. The SMILES string of the molecule is C[C@@H]1CN(C(=O)COC(C)(C)C)CCN1.Cl. The summed E-state index contributed by atoms with van der Waals surface area (Å²) in [7, 11) is 0. The van der Waals surface area contributed by atoms with E-state index in [1.807, 2.05) is 25.7 Å². The van der Waals surface area contributed by atoms with E-state index in [2.05, 4.69) is 12.2 Å². The molecule has 5 heteroatoms. The lowest BCUT2D eigenvalue weighted by Crippen LogP contribution is -2.52. The van der Waals surface area contributed by atoms with Crippen LogP contribution in [0.4, 0.5) is 0 Å². The number of nitrogens with one attached hydrogen (secondary N) is 1. The van der Waals surface area contributed by atoms with Crippen molar-refractivity contribution in [3.05, 3.63) is 0 Å². The Kier molecular flexibility index (Phi) is 6.30. The standard InChI is InChI=1S/C11H22N2O2.ClH/c1-9-7-13(6-5-12-9)10(14)8-15-11(2,3)4;/h9,12H,5-8H2,1-4H3;1H/t9-;/m1./s1. The lowest BCUT2D eigenvalue weighted by Gasteiger charge is -2.32. The molecule has 0 radical (unpaired) electrons. The number of nitrogens with zero attached hydrogens (tertiary/aromatic N) is 1. The van der Waals surface area contributed by atoms with E-state index < -0.39 is 0 Å². The summed E-state index contributed by atoms with van der Waals surface area (Å²) in [5, 5.41) is 3.30. The molecule has 1 aliphatic rings. The van der Waals surface area contributed by atoms with Crippen molar-refractivity contribution < 1.29 is 9.53 Å². The van der Waals surface area contributed by atoms with Gasteiger partial charge in [-0.3, -0.25) is 4.79 Å². The van der Waals surface area contributed by atoms with Crippen LogP contribution in [0.5, 0.6) is 0 Å². The van der Waals surface area contributed by atoms with Crippen LogP contribution in [0, 0.1) is 0 Å². The fourth-order valence-electron chi connectivity index (χ4n) is 1.53. The van der Waals surface area contributed by atoms with Gasteiger partial charge in [-0.15, -0.1) is 12.4 Å². The van der Waals surface area contributed by atoms with Crippen LogP contribution in [-0.2, 0) is 9.53 Å². The number of carbonyl (C=O) groups is 1. The smallest absolute Gasteiger partial charge is 0.248 e. The molecule has 1 N–H and O–H groups in total. The first-order valence-electron chi connectivity index (χ1n) is 5.53. The summed E-state index contributed by atoms with van der Waals surface area (Å²) < 4.78 is 5.47. The van der Waals surface area contributed by atoms with Crippen molar-refractivity contribution in [1.82, 2.24) is 10.2 Å². The van der Waals surface area contributed by atoms with Crippen LogP contribution in [0.25, 0.3) is 0 Å². The lowest BCUT2D eigenvalue weighted by atomic mass is 10.2. The Morgan fingerprint density at radius 1 is 1.50 bits per heavy atom. The molecule has 0 spiro atoms. The average Bonchev–Trinajstić information content (AvgIpc) is 2.13. The Balaban J connectivity index is 0.00000225. The van der Waals surface area contributed by atoms with Crippen molar-refractivity contribution in [3.63, 3.8) is 0 Å². The average molecular weight is 251 g/mol. The van der Waals surface area contributed by atoms with Gasteiger partial charge in [0.2, 0.25) is 5.91 Å². The van der Waals surface area contributed by atoms with E-state index in [4.69, 9.17) is 4.74 Å². The van der Waals surface area contributed by atoms with Crippen LogP contribution in [0.15, 0.2) is 0 Å². The molecule has 1 aliphatic heterocycles. The molecule has 0 aromatic carbocycles. The van der Waals surface area contributed by atoms with Gasteiger partial charge in [0.1, 0.15) is 6.61 Å². The zero-order chi connectivity index (χ0) is 11.5. The number of halogens is 1. The molecule has 4 nitrogen and oxygen atoms in total. The molecule has 1 rings (SSSR count). The topological polar surface area (TPSA) is 41.6 Å². The Hall–Kier alpha value is -0.320. The second-order valence-electron chi connectivity index (χ2n) is 5.10. The summed E-state index contributed by atoms with van der Waals surface area (Å²) in [6.07, 6.45) is 0. The molecule has 1 amide bonds. The molecule has 1 fully saturated rings. The molecule has 1 atom stereocenters. The summed E-state index contributed by atoms with van der Waals surface area (Å²) in [6.45, 7) is 10.6. The third-order valence-electron chi connectivity index (χ3n) is 2.35. The van der Waals surface area contributed by atoms with E-state index >= 15 is 0 Å². The van der Waals surface area contributed by atoms with Gasteiger partial charge in [0, 0.05) is 25.7 Å². The van der Waals surface area contributed by atoms with E-state index in [1.165, 1.54) is 0 Å². The molecule has 0 saturated carbocycles. The fourth-order valence-corrected chi connectivity index (χ4v) is 1.53. The largest absolute Gasteiger partial charge is 0.366 e. The van der Waals surface area contributed by atoms with E-state index in [1.54, 1.807) is 0 Å². The third kappa shape index (κ3) is 5.68. The first kappa shape index (κ1) is 15.7. The van der Waals surface area contributed by atoms with Crippen LogP contribution < -0.4 is 5.32 Å². The van der Waals surface area contributed by atoms with Crippen LogP contribution in [0.1, 0.15) is 27.7 Å². The Labute approximate surface area is 104 Å². The second-order valence-corrected chi connectivity index (χ2v) is 5.10. The molecule has 1 saturated heterocycles. The highest BCUT2D eigenvalue weighted by atomic mass is 35.5. The van der Waals surface area contributed by atoms with Gasteiger partial charge in [-0.05, 0) is 27.7 Å². The Morgan fingerprint density at radius 2 is 2.12 bits per heavy atom. The van der Waals surface area contributed by atoms with Crippen molar-refractivity contribution in [2.24, 2.45) is 0 Å². The maximum atomic E-state index is 11.8. The zero-order valence-corrected chi connectivity index (χ0v) is 11.4. The van der Waals surface area contributed by atoms with Crippen LogP contribution in [-0.4, -0.2) is 48.7 Å². The summed E-state index contributed by atoms with van der Waals surface area (Å²) in [5.74, 6) is 0.0956. The number of ether oxygens (including phenoxy) is 1. The molecule has 0 aliphatic carbocycles. The maximum absolute atomic E-state index is 11.8. The molecule has 0 unspecified atom stereocenters. The minimum absolute atomic E-state index is 0. The van der Waals surface area contributed by atoms with Gasteiger partial charge in [-0.2, -0.15) is 0 Å². The summed E-state index contributed by atoms with van der Waals surface area (Å²) in [5.41, 5.74) is -0.241. The van der Waals surface area contributed by atoms with E-state index in [0.717, 1.165) is 19.6 Å². The number of amides is 1. The van der Waals surface area contributed by atoms with E-state index in [-0.39, 0.29) is 30.5 Å². The highest BCUT2D eigenvalue weighted by Crippen LogP contribution is 2.07. The van der Waals surface area contributed by atoms with E-state index in [0.29, 0.717) is 6.04 Å². The van der Waals surface area contributed by atoms with Crippen molar-refractivity contribution in [2.45, 2.75) is 39.3 Å². The first-order valence-corrected chi connectivity index (χ1v) is 5.53. The van der Waals surface area contributed by atoms with Crippen molar-refractivity contribution in [3.8, 4) is 0 Å². The Morgan fingerprint density at radius 3 is 2.62 bits per heavy atom. The molecular formula is C11H23ClN2O2. The molecule has 16 heavy (non-hydrogen) atoms. The van der Waals surface area contributed by atoms with Gasteiger partial charge in [0.05, 0.1) is 5.60 Å². The molecular weight excluding hydrogens is 228 g/mol. The summed E-state index contributed by atoms with van der Waals surface area (Å²) in [4.78, 5) is 13.6. The highest BCUT2D eigenvalue weighted by Gasteiger charge is 2.22. The molecule has 1 heterocycles. The number of carbonyl (C=O) groups excluding carboxylic acids is 1. The van der Waals surface area contributed by atoms with Crippen molar-refractivity contribution in [2.75, 3.05) is 26.2 Å². The quantitative estimate of drug-likeness (QED) is 0.797. The van der Waals surface area contributed by atoms with E-state index in [9.17, 15) is 4.79 Å². The number of rotatable bonds is 2. The van der Waals surface area contributed by atoms with Crippen LogP contribution >= 0.6 is 12.4 Å². The lowest BCUT2D eigenvalue weighted by molar-refractivity contribution is -0.142. The summed E-state index contributed by atoms with van der Waals surface area (Å²) in [6, 6.07) is 0.386. The first-order chi connectivity index (χ1) is 6.88. The predicted molar refractivity (Wildman–Crippen MR) is 67.0 cm³/mol. The van der Waals surface area contributed by atoms with Crippen LogP contribution in [0.3, 0.4) is 0 Å². The van der Waals surface area contributed by atoms with Gasteiger partial charge in [0.25, 0.3) is 0 Å². The molecule has 0 aromatic rings. The highest BCUT2D eigenvalue weighted by molar-refractivity contribution is 5.85. The van der Waals surface area contributed by atoms with Gasteiger partial charge >= 0.3 is 0 Å². The van der Waals surface area contributed by atoms with Gasteiger partial charge in [-0.1, -0.05) is 0 Å². The third-order valence-corrected chi connectivity index (χ3v) is 2.35. The normalized spacial score (nSPS) is 21.5. The molecule has 96 valence electrons. The van der Waals surface area contributed by atoms with Crippen molar-refractivity contribution in [1.29, 1.82) is 0 Å². The Bertz CT molecular complexity index is 229. The monoisotopic (exact) mass is 250 g/mol. The van der Waals surface area contributed by atoms with Gasteiger partial charge in [0.15, 0.2) is 0 Å². The molecule has 0 bridgehead atoms. The fraction of sp³-hybridized carbons (Fsp3) is 0.909. The van der Waals surface area contributed by atoms with Crippen LogP contribution in [0.2, 0.25) is 0 Å². The zero-order valence-electron chi connectivity index (χ0n) is 10.6. The van der Waals surface area contributed by atoms with Gasteiger partial charge < -0.3 is 15.0 Å². The minimum atomic E-state index is -0.241. The number of hydrogen-bond acceptors (Lipinski definition) is 3. The predicted octanol–water partition coefficient (Wildman–Crippen LogP) is 1.04. The minimum Gasteiger partial charge on any atom is -0.366 e. The van der Waals surface area contributed by atoms with Gasteiger partial charge in [-0.25, -0.2) is 0 Å². The second kappa shape index (κ2) is 6.42.